The topological polar surface area (TPSA) is 118 Å². The van der Waals surface area contributed by atoms with Crippen LogP contribution in [0.3, 0.4) is 0 Å². The van der Waals surface area contributed by atoms with Crippen LogP contribution in [0.15, 0.2) is 58.6 Å². The van der Waals surface area contributed by atoms with E-state index < -0.39 is 60.9 Å². The summed E-state index contributed by atoms with van der Waals surface area (Å²) < 4.78 is -2.20. The van der Waals surface area contributed by atoms with Crippen LogP contribution in [0.25, 0.3) is 0 Å². The summed E-state index contributed by atoms with van der Waals surface area (Å²) in [5, 5.41) is 11.9. The van der Waals surface area contributed by atoms with Gasteiger partial charge in [0.2, 0.25) is 0 Å². The number of carbonyl (C=O) groups is 4. The molecule has 1 saturated heterocycles. The quantitative estimate of drug-likeness (QED) is 0.122. The number of allylic oxidation sites excluding steroid dienone is 2. The maximum absolute atomic E-state index is 13.9. The van der Waals surface area contributed by atoms with Crippen molar-refractivity contribution in [2.75, 3.05) is 6.54 Å². The number of Topliss-reactive ketones (excluding diaryl/α,β-unsaturated/α-hetero) is 1. The van der Waals surface area contributed by atoms with Crippen LogP contribution in [0.2, 0.25) is 5.02 Å². The van der Waals surface area contributed by atoms with Gasteiger partial charge in [-0.05, 0) is 24.3 Å². The molecule has 1 heterocycles. The van der Waals surface area contributed by atoms with E-state index in [4.69, 9.17) is 81.2 Å². The Balaban J connectivity index is 1.59. The number of nitro benzene ring substituents is 1. The van der Waals surface area contributed by atoms with Crippen molar-refractivity contribution in [3.05, 3.63) is 84.9 Å². The molecular weight excluding hydrogens is 674 g/mol. The number of benzene rings is 2. The van der Waals surface area contributed by atoms with Crippen LogP contribution in [0.4, 0.5) is 5.69 Å². The molecule has 3 aliphatic rings. The summed E-state index contributed by atoms with van der Waals surface area (Å²) in [6, 6.07) is 10.1. The van der Waals surface area contributed by atoms with E-state index in [0.29, 0.717) is 15.0 Å². The van der Waals surface area contributed by atoms with Crippen LogP contribution in [-0.2, 0) is 9.59 Å². The first kappa shape index (κ1) is 29.4. The molecule has 9 nitrogen and oxygen atoms in total. The number of fused-ring (bicyclic) bond motifs is 5. The number of rotatable bonds is 6. The Hall–Kier alpha value is -2.11. The van der Waals surface area contributed by atoms with Gasteiger partial charge < -0.3 is 0 Å². The van der Waals surface area contributed by atoms with Gasteiger partial charge in [-0.2, -0.15) is 5.01 Å². The third kappa shape index (κ3) is 3.75. The molecule has 2 aliphatic carbocycles. The molecule has 208 valence electrons. The van der Waals surface area contributed by atoms with Gasteiger partial charge in [0.05, 0.1) is 26.8 Å². The summed E-state index contributed by atoms with van der Waals surface area (Å²) in [6.45, 7) is -0.883. The van der Waals surface area contributed by atoms with Crippen molar-refractivity contribution in [1.29, 1.82) is 0 Å². The Morgan fingerprint density at radius 3 is 1.90 bits per heavy atom. The fourth-order valence-corrected chi connectivity index (χ4v) is 8.27. The molecule has 0 aromatic heterocycles. The number of imide groups is 1. The minimum atomic E-state index is -2.20. The molecule has 2 aromatic carbocycles. The van der Waals surface area contributed by atoms with Crippen LogP contribution in [0.1, 0.15) is 20.7 Å². The van der Waals surface area contributed by atoms with Crippen molar-refractivity contribution in [2.24, 2.45) is 11.8 Å². The van der Waals surface area contributed by atoms with Gasteiger partial charge in [-0.15, -0.1) is 23.2 Å². The minimum Gasteiger partial charge on any atom is -0.292 e. The van der Waals surface area contributed by atoms with E-state index in [-0.39, 0.29) is 26.9 Å². The van der Waals surface area contributed by atoms with E-state index in [0.717, 1.165) is 6.07 Å². The number of hydrogen-bond acceptors (Lipinski definition) is 6. The highest BCUT2D eigenvalue weighted by Crippen LogP contribution is 2.77. The number of hydrazine groups is 1. The first-order valence-electron chi connectivity index (χ1n) is 11.1. The Kier molecular flexibility index (Phi) is 7.15. The van der Waals surface area contributed by atoms with Crippen LogP contribution in [0.5, 0.6) is 0 Å². The lowest BCUT2D eigenvalue weighted by atomic mass is 9.84. The molecule has 0 spiro atoms. The Bertz CT molecular complexity index is 1520. The Morgan fingerprint density at radius 2 is 1.40 bits per heavy atom. The molecule has 0 N–H and O–H groups in total. The molecule has 16 heteroatoms. The molecule has 3 amide bonds. The van der Waals surface area contributed by atoms with Crippen LogP contribution in [-0.4, -0.2) is 59.1 Å². The predicted octanol–water partition coefficient (Wildman–Crippen LogP) is 5.94. The van der Waals surface area contributed by atoms with Crippen molar-refractivity contribution in [3.63, 3.8) is 0 Å². The summed E-state index contributed by atoms with van der Waals surface area (Å²) >= 11 is 45.1. The van der Waals surface area contributed by atoms with Gasteiger partial charge in [0.25, 0.3) is 23.4 Å². The lowest BCUT2D eigenvalue weighted by Crippen LogP contribution is -2.56. The van der Waals surface area contributed by atoms with E-state index >= 15 is 0 Å². The molecule has 1 saturated carbocycles. The second-order valence-corrected chi connectivity index (χ2v) is 12.9. The van der Waals surface area contributed by atoms with Gasteiger partial charge in [-0.3, -0.25) is 29.3 Å². The van der Waals surface area contributed by atoms with Crippen LogP contribution >= 0.6 is 81.2 Å². The lowest BCUT2D eigenvalue weighted by molar-refractivity contribution is -0.384. The molecule has 1 aliphatic heterocycles. The van der Waals surface area contributed by atoms with Gasteiger partial charge in [0.1, 0.15) is 16.3 Å². The van der Waals surface area contributed by atoms with E-state index in [1.807, 2.05) is 0 Å². The van der Waals surface area contributed by atoms with Crippen molar-refractivity contribution >= 4 is 110 Å². The Morgan fingerprint density at radius 1 is 0.875 bits per heavy atom. The molecule has 0 radical (unpaired) electrons. The lowest BCUT2D eigenvalue weighted by Gasteiger charge is -2.36. The van der Waals surface area contributed by atoms with Crippen molar-refractivity contribution in [2.45, 2.75) is 14.1 Å². The maximum atomic E-state index is 13.9. The first-order chi connectivity index (χ1) is 18.6. The largest absolute Gasteiger partial charge is 0.292 e. The van der Waals surface area contributed by atoms with Gasteiger partial charge in [0.15, 0.2) is 10.1 Å². The summed E-state index contributed by atoms with van der Waals surface area (Å²) in [5.41, 5.74) is -0.584. The molecule has 2 aromatic rings. The first-order valence-corrected chi connectivity index (χ1v) is 13.8. The number of nitrogens with zero attached hydrogens (tertiary/aromatic N) is 3. The second kappa shape index (κ2) is 9.73. The number of ketones is 1. The fraction of sp³-hybridized carbons (Fsp3) is 0.250. The van der Waals surface area contributed by atoms with Crippen LogP contribution < -0.4 is 0 Å². The highest BCUT2D eigenvalue weighted by molar-refractivity contribution is 6.66. The third-order valence-electron chi connectivity index (χ3n) is 7.12. The molecule has 2 fully saturated rings. The molecular formula is C24H12Cl7N3O6. The normalized spacial score (nSPS) is 28.2. The molecule has 0 unspecified atom stereocenters. The monoisotopic (exact) mass is 683 g/mol. The van der Waals surface area contributed by atoms with E-state index in [2.05, 4.69) is 0 Å². The molecule has 40 heavy (non-hydrogen) atoms. The SMILES string of the molecule is O=C(CN(C(=O)c1ccc(Cl)cc1)N1C(=O)[C@@H]2[C@@H](C1=O)[C@@]1(Cl)C(Cl)=C(Cl)[C@@]2(Cl)C1(Cl)Cl)c1cccc([N+](=O)[O-])c1. The maximum Gasteiger partial charge on any atom is 0.273 e. The number of non-ortho nitro benzene ring substituents is 1. The zero-order valence-corrected chi connectivity index (χ0v) is 24.7. The average Bonchev–Trinajstić information content (AvgIpc) is 3.30. The highest BCUT2D eigenvalue weighted by atomic mass is 35.5. The highest BCUT2D eigenvalue weighted by Gasteiger charge is 2.88. The molecule has 4 atom stereocenters. The average molecular weight is 687 g/mol. The van der Waals surface area contributed by atoms with Crippen molar-refractivity contribution in [1.82, 2.24) is 10.0 Å². The van der Waals surface area contributed by atoms with Crippen molar-refractivity contribution < 1.29 is 24.1 Å². The zero-order valence-electron chi connectivity index (χ0n) is 19.4. The Labute approximate surface area is 260 Å². The standard InChI is InChI=1S/C24H12Cl7N3O6/c25-12-6-4-10(5-7-12)19(36)32(9-14(35)11-2-1-3-13(8-11)34(39)40)33-20(37)15-16(21(33)38)23(29)18(27)17(26)22(15,28)24(23,30)31/h1-8,15-16H,9H2/t15-,16-,22+,23+/m0/s1. The predicted molar refractivity (Wildman–Crippen MR) is 149 cm³/mol. The number of carbonyl (C=O) groups excluding carboxylic acids is 4. The molecule has 5 rings (SSSR count). The number of amides is 3. The van der Waals surface area contributed by atoms with Crippen LogP contribution in [0, 0.1) is 22.0 Å². The van der Waals surface area contributed by atoms with E-state index in [1.54, 1.807) is 0 Å². The fourth-order valence-electron chi connectivity index (χ4n) is 5.21. The summed E-state index contributed by atoms with van der Waals surface area (Å²) in [7, 11) is 0. The summed E-state index contributed by atoms with van der Waals surface area (Å²) in [6.07, 6.45) is 0. The number of halogens is 7. The smallest absolute Gasteiger partial charge is 0.273 e. The zero-order chi connectivity index (χ0) is 29.5. The summed E-state index contributed by atoms with van der Waals surface area (Å²) in [4.78, 5) is 60.9. The number of alkyl halides is 4. The summed E-state index contributed by atoms with van der Waals surface area (Å²) in [5.74, 6) is -7.02. The third-order valence-corrected chi connectivity index (χ3v) is 11.6. The molecule has 2 bridgehead atoms. The van der Waals surface area contributed by atoms with Gasteiger partial charge in [-0.25, -0.2) is 5.01 Å². The van der Waals surface area contributed by atoms with Gasteiger partial charge >= 0.3 is 0 Å². The van der Waals surface area contributed by atoms with Gasteiger partial charge in [0, 0.05) is 28.3 Å². The van der Waals surface area contributed by atoms with E-state index in [9.17, 15) is 29.3 Å². The van der Waals surface area contributed by atoms with Crippen molar-refractivity contribution in [3.8, 4) is 0 Å². The minimum absolute atomic E-state index is 0.0451. The number of hydrogen-bond donors (Lipinski definition) is 0. The number of nitro groups is 1. The van der Waals surface area contributed by atoms with Gasteiger partial charge in [-0.1, -0.05) is 70.1 Å². The second-order valence-electron chi connectivity index (χ2n) is 9.17. The van der Waals surface area contributed by atoms with E-state index in [1.165, 1.54) is 42.5 Å².